The summed E-state index contributed by atoms with van der Waals surface area (Å²) in [7, 11) is -1.86. The van der Waals surface area contributed by atoms with Gasteiger partial charge in [-0.25, -0.2) is 13.2 Å². The van der Waals surface area contributed by atoms with Crippen molar-refractivity contribution in [2.75, 3.05) is 19.9 Å². The number of esters is 1. The van der Waals surface area contributed by atoms with Gasteiger partial charge in [-0.3, -0.25) is 4.79 Å². The Morgan fingerprint density at radius 3 is 2.73 bits per heavy atom. The third kappa shape index (κ3) is 3.85. The molecule has 120 valence electrons. The standard InChI is InChI=1S/C15H19NO5S/c1-21-15(18)13-7-4-8-16(13)14(17)12-6-3-5-11(9-12)10-22(2,19)20/h3,5-6,9,13H,4,7-8,10H2,1-2H3/t13-/m1/s1. The summed E-state index contributed by atoms with van der Waals surface area (Å²) in [5.74, 6) is -0.810. The summed E-state index contributed by atoms with van der Waals surface area (Å²) < 4.78 is 27.5. The van der Waals surface area contributed by atoms with Gasteiger partial charge in [0, 0.05) is 18.4 Å². The van der Waals surface area contributed by atoms with E-state index in [9.17, 15) is 18.0 Å². The van der Waals surface area contributed by atoms with E-state index in [1.165, 1.54) is 12.0 Å². The van der Waals surface area contributed by atoms with E-state index in [1.54, 1.807) is 24.3 Å². The SMILES string of the molecule is COC(=O)[C@H]1CCCN1C(=O)c1cccc(CS(C)(=O)=O)c1. The molecule has 1 atom stereocenters. The molecule has 1 aromatic rings. The number of hydrogen-bond donors (Lipinski definition) is 0. The topological polar surface area (TPSA) is 80.8 Å². The van der Waals surface area contributed by atoms with Crippen LogP contribution in [0.25, 0.3) is 0 Å². The summed E-state index contributed by atoms with van der Waals surface area (Å²) in [6, 6.07) is 5.95. The molecule has 1 fully saturated rings. The molecule has 1 saturated heterocycles. The highest BCUT2D eigenvalue weighted by atomic mass is 32.2. The molecule has 1 aliphatic rings. The van der Waals surface area contributed by atoms with Crippen molar-refractivity contribution in [1.29, 1.82) is 0 Å². The monoisotopic (exact) mass is 325 g/mol. The van der Waals surface area contributed by atoms with E-state index >= 15 is 0 Å². The highest BCUT2D eigenvalue weighted by molar-refractivity contribution is 7.89. The zero-order valence-electron chi connectivity index (χ0n) is 12.6. The average molecular weight is 325 g/mol. The van der Waals surface area contributed by atoms with Gasteiger partial charge >= 0.3 is 5.97 Å². The van der Waals surface area contributed by atoms with Crippen LogP contribution in [0.3, 0.4) is 0 Å². The number of sulfone groups is 1. The first kappa shape index (κ1) is 16.5. The second-order valence-corrected chi connectivity index (χ2v) is 7.59. The molecule has 0 unspecified atom stereocenters. The summed E-state index contributed by atoms with van der Waals surface area (Å²) >= 11 is 0. The van der Waals surface area contributed by atoms with Crippen molar-refractivity contribution in [3.63, 3.8) is 0 Å². The summed E-state index contributed by atoms with van der Waals surface area (Å²) in [5, 5.41) is 0. The largest absolute Gasteiger partial charge is 0.467 e. The predicted octanol–water partition coefficient (Wildman–Crippen LogP) is 1.01. The van der Waals surface area contributed by atoms with Gasteiger partial charge in [-0.2, -0.15) is 0 Å². The van der Waals surface area contributed by atoms with Crippen LogP contribution in [0.5, 0.6) is 0 Å². The number of ether oxygens (including phenoxy) is 1. The molecule has 1 heterocycles. The molecule has 6 nitrogen and oxygen atoms in total. The number of benzene rings is 1. The van der Waals surface area contributed by atoms with Gasteiger partial charge in [0.05, 0.1) is 12.9 Å². The Kier molecular flexibility index (Phi) is 4.85. The van der Waals surface area contributed by atoms with E-state index in [0.717, 1.165) is 12.7 Å². The normalized spacial score (nSPS) is 18.3. The Morgan fingerprint density at radius 1 is 1.36 bits per heavy atom. The number of amides is 1. The summed E-state index contributed by atoms with van der Waals surface area (Å²) in [6.07, 6.45) is 2.48. The maximum atomic E-state index is 12.6. The van der Waals surface area contributed by atoms with Crippen molar-refractivity contribution in [3.05, 3.63) is 35.4 Å². The first-order chi connectivity index (χ1) is 10.3. The molecular formula is C15H19NO5S. The van der Waals surface area contributed by atoms with E-state index in [-0.39, 0.29) is 11.7 Å². The van der Waals surface area contributed by atoms with Gasteiger partial charge in [0.15, 0.2) is 9.84 Å². The first-order valence-electron chi connectivity index (χ1n) is 6.97. The van der Waals surface area contributed by atoms with Crippen LogP contribution in [0.4, 0.5) is 0 Å². The molecule has 1 aromatic carbocycles. The fraction of sp³-hybridized carbons (Fsp3) is 0.467. The second kappa shape index (κ2) is 6.48. The molecule has 22 heavy (non-hydrogen) atoms. The number of carbonyl (C=O) groups is 2. The highest BCUT2D eigenvalue weighted by Gasteiger charge is 2.35. The van der Waals surface area contributed by atoms with E-state index in [1.807, 2.05) is 0 Å². The third-order valence-corrected chi connectivity index (χ3v) is 4.45. The number of carbonyl (C=O) groups excluding carboxylic acids is 2. The van der Waals surface area contributed by atoms with E-state index in [2.05, 4.69) is 0 Å². The number of rotatable bonds is 4. The fourth-order valence-corrected chi connectivity index (χ4v) is 3.44. The molecule has 0 bridgehead atoms. The van der Waals surface area contributed by atoms with Gasteiger partial charge < -0.3 is 9.64 Å². The molecule has 0 radical (unpaired) electrons. The molecule has 1 amide bonds. The van der Waals surface area contributed by atoms with Gasteiger partial charge in [-0.05, 0) is 30.5 Å². The smallest absolute Gasteiger partial charge is 0.328 e. The van der Waals surface area contributed by atoms with Gasteiger partial charge in [0.25, 0.3) is 5.91 Å². The maximum absolute atomic E-state index is 12.6. The zero-order valence-corrected chi connectivity index (χ0v) is 13.4. The number of likely N-dealkylation sites (tertiary alicyclic amines) is 1. The average Bonchev–Trinajstić information content (AvgIpc) is 2.93. The lowest BCUT2D eigenvalue weighted by atomic mass is 10.1. The van der Waals surface area contributed by atoms with Crippen LogP contribution in [-0.2, 0) is 25.1 Å². The Morgan fingerprint density at radius 2 is 2.09 bits per heavy atom. The molecular weight excluding hydrogens is 306 g/mol. The van der Waals surface area contributed by atoms with Crippen molar-refractivity contribution in [1.82, 2.24) is 4.90 Å². The Hall–Kier alpha value is -1.89. The number of nitrogens with zero attached hydrogens (tertiary/aromatic N) is 1. The van der Waals surface area contributed by atoms with Crippen LogP contribution >= 0.6 is 0 Å². The molecule has 0 N–H and O–H groups in total. The Labute approximate surface area is 130 Å². The summed E-state index contributed by atoms with van der Waals surface area (Å²) in [5.41, 5.74) is 0.944. The van der Waals surface area contributed by atoms with Gasteiger partial charge in [0.1, 0.15) is 6.04 Å². The predicted molar refractivity (Wildman–Crippen MR) is 81.1 cm³/mol. The summed E-state index contributed by atoms with van der Waals surface area (Å²) in [4.78, 5) is 25.8. The van der Waals surface area contributed by atoms with Gasteiger partial charge in [-0.15, -0.1) is 0 Å². The van der Waals surface area contributed by atoms with Crippen molar-refractivity contribution < 1.29 is 22.7 Å². The molecule has 1 aliphatic heterocycles. The molecule has 0 spiro atoms. The van der Waals surface area contributed by atoms with Crippen LogP contribution in [-0.4, -0.2) is 51.1 Å². The molecule has 7 heteroatoms. The Balaban J connectivity index is 2.22. The van der Waals surface area contributed by atoms with Crippen molar-refractivity contribution in [2.45, 2.75) is 24.6 Å². The lowest BCUT2D eigenvalue weighted by molar-refractivity contribution is -0.145. The number of hydrogen-bond acceptors (Lipinski definition) is 5. The quantitative estimate of drug-likeness (QED) is 0.772. The van der Waals surface area contributed by atoms with Crippen molar-refractivity contribution >= 4 is 21.7 Å². The van der Waals surface area contributed by atoms with Crippen molar-refractivity contribution in [2.24, 2.45) is 0 Å². The third-order valence-electron chi connectivity index (χ3n) is 3.59. The van der Waals surface area contributed by atoms with Crippen LogP contribution in [0.1, 0.15) is 28.8 Å². The lowest BCUT2D eigenvalue weighted by Gasteiger charge is -2.22. The van der Waals surface area contributed by atoms with Gasteiger partial charge in [0.2, 0.25) is 0 Å². The first-order valence-corrected chi connectivity index (χ1v) is 9.03. The fourth-order valence-electron chi connectivity index (χ4n) is 2.65. The van der Waals surface area contributed by atoms with E-state index in [0.29, 0.717) is 24.1 Å². The molecule has 0 aromatic heterocycles. The number of methoxy groups -OCH3 is 1. The van der Waals surface area contributed by atoms with Crippen LogP contribution in [0.15, 0.2) is 24.3 Å². The Bertz CT molecular complexity index is 683. The highest BCUT2D eigenvalue weighted by Crippen LogP contribution is 2.21. The van der Waals surface area contributed by atoms with Crippen LogP contribution < -0.4 is 0 Å². The molecule has 0 aliphatic carbocycles. The minimum atomic E-state index is -3.17. The minimum absolute atomic E-state index is 0.117. The minimum Gasteiger partial charge on any atom is -0.467 e. The molecule has 0 saturated carbocycles. The van der Waals surface area contributed by atoms with Crippen LogP contribution in [0, 0.1) is 0 Å². The lowest BCUT2D eigenvalue weighted by Crippen LogP contribution is -2.41. The second-order valence-electron chi connectivity index (χ2n) is 5.45. The van der Waals surface area contributed by atoms with E-state index < -0.39 is 21.8 Å². The zero-order chi connectivity index (χ0) is 16.3. The summed E-state index contributed by atoms with van der Waals surface area (Å²) in [6.45, 7) is 0.495. The maximum Gasteiger partial charge on any atom is 0.328 e. The molecule has 2 rings (SSSR count). The van der Waals surface area contributed by atoms with Gasteiger partial charge in [-0.1, -0.05) is 12.1 Å². The van der Waals surface area contributed by atoms with Crippen molar-refractivity contribution in [3.8, 4) is 0 Å². The van der Waals surface area contributed by atoms with Crippen LogP contribution in [0.2, 0.25) is 0 Å². The van der Waals surface area contributed by atoms with E-state index in [4.69, 9.17) is 4.74 Å².